The molecule has 132 valence electrons. The monoisotopic (exact) mass is 368 g/mol. The van der Waals surface area contributed by atoms with E-state index in [1.165, 1.54) is 6.92 Å². The zero-order valence-corrected chi connectivity index (χ0v) is 15.1. The van der Waals surface area contributed by atoms with E-state index in [9.17, 15) is 9.59 Å². The van der Waals surface area contributed by atoms with Crippen LogP contribution in [-0.2, 0) is 9.53 Å². The number of hydrogen-bond donors (Lipinski definition) is 1. The summed E-state index contributed by atoms with van der Waals surface area (Å²) in [5.41, 5.74) is 2.33. The average molecular weight is 369 g/mol. The number of carbonyl (C=O) groups excluding carboxylic acids is 2. The summed E-state index contributed by atoms with van der Waals surface area (Å²) < 4.78 is 5.35. The van der Waals surface area contributed by atoms with Crippen LogP contribution >= 0.6 is 11.6 Å². The molecular weight excluding hydrogens is 352 g/mol. The lowest BCUT2D eigenvalue weighted by Gasteiger charge is -2.15. The van der Waals surface area contributed by atoms with E-state index in [1.54, 1.807) is 43.3 Å². The highest BCUT2D eigenvalue weighted by atomic mass is 35.5. The zero-order valence-electron chi connectivity index (χ0n) is 14.3. The molecule has 1 heterocycles. The Morgan fingerprint density at radius 3 is 2.65 bits per heavy atom. The Hall–Kier alpha value is -2.92. The summed E-state index contributed by atoms with van der Waals surface area (Å²) >= 11 is 5.90. The van der Waals surface area contributed by atoms with E-state index in [0.29, 0.717) is 32.9 Å². The largest absolute Gasteiger partial charge is 0.449 e. The lowest BCUT2D eigenvalue weighted by Crippen LogP contribution is -2.30. The Balaban J connectivity index is 1.76. The van der Waals surface area contributed by atoms with Crippen molar-refractivity contribution >= 4 is 40.1 Å². The molecule has 1 N–H and O–H groups in total. The van der Waals surface area contributed by atoms with E-state index in [1.807, 2.05) is 18.2 Å². The molecule has 0 aliphatic rings. The fraction of sp³-hybridized carbons (Fsp3) is 0.150. The molecule has 0 bridgehead atoms. The van der Waals surface area contributed by atoms with E-state index in [-0.39, 0.29) is 0 Å². The fourth-order valence-electron chi connectivity index (χ4n) is 2.56. The van der Waals surface area contributed by atoms with E-state index in [4.69, 9.17) is 16.3 Å². The number of hydrogen-bond acceptors (Lipinski definition) is 4. The maximum absolute atomic E-state index is 12.6. The predicted octanol–water partition coefficient (Wildman–Crippen LogP) is 4.38. The van der Waals surface area contributed by atoms with Crippen molar-refractivity contribution in [1.29, 1.82) is 0 Å². The molecule has 1 aromatic heterocycles. The van der Waals surface area contributed by atoms with Crippen molar-refractivity contribution in [3.8, 4) is 0 Å². The van der Waals surface area contributed by atoms with Gasteiger partial charge in [-0.05, 0) is 44.2 Å². The number of fused-ring (bicyclic) bond motifs is 1. The van der Waals surface area contributed by atoms with Crippen molar-refractivity contribution in [2.24, 2.45) is 0 Å². The van der Waals surface area contributed by atoms with E-state index in [0.717, 1.165) is 0 Å². The van der Waals surface area contributed by atoms with Gasteiger partial charge in [-0.2, -0.15) is 0 Å². The molecule has 26 heavy (non-hydrogen) atoms. The number of para-hydroxylation sites is 1. The first-order valence-electron chi connectivity index (χ1n) is 8.08. The normalized spacial score (nSPS) is 11.8. The van der Waals surface area contributed by atoms with E-state index >= 15 is 0 Å². The first-order chi connectivity index (χ1) is 12.4. The maximum atomic E-state index is 12.6. The Labute approximate surface area is 156 Å². The number of nitrogens with one attached hydrogen (secondary N) is 1. The van der Waals surface area contributed by atoms with E-state index in [2.05, 4.69) is 10.3 Å². The number of aryl methyl sites for hydroxylation is 1. The van der Waals surface area contributed by atoms with Gasteiger partial charge in [0.15, 0.2) is 6.10 Å². The topological polar surface area (TPSA) is 68.3 Å². The molecule has 1 atom stereocenters. The Morgan fingerprint density at radius 2 is 1.88 bits per heavy atom. The van der Waals surface area contributed by atoms with Crippen LogP contribution in [0.15, 0.2) is 54.6 Å². The summed E-state index contributed by atoms with van der Waals surface area (Å²) in [6, 6.07) is 15.7. The summed E-state index contributed by atoms with van der Waals surface area (Å²) in [5, 5.41) is 3.87. The van der Waals surface area contributed by atoms with Crippen LogP contribution in [0.4, 0.5) is 5.69 Å². The number of halogens is 1. The molecule has 5 nitrogen and oxygen atoms in total. The van der Waals surface area contributed by atoms with Gasteiger partial charge in [0.25, 0.3) is 5.91 Å². The number of benzene rings is 2. The molecule has 0 saturated carbocycles. The second kappa shape index (κ2) is 7.54. The molecule has 3 rings (SSSR count). The summed E-state index contributed by atoms with van der Waals surface area (Å²) in [6.45, 7) is 3.33. The van der Waals surface area contributed by atoms with Crippen molar-refractivity contribution in [3.05, 3.63) is 70.9 Å². The van der Waals surface area contributed by atoms with Gasteiger partial charge in [0.1, 0.15) is 0 Å². The molecule has 0 aliphatic heterocycles. The number of anilines is 1. The van der Waals surface area contributed by atoms with Crippen LogP contribution in [0.5, 0.6) is 0 Å². The molecule has 6 heteroatoms. The fourth-order valence-corrected chi connectivity index (χ4v) is 2.75. The van der Waals surface area contributed by atoms with Gasteiger partial charge in [-0.25, -0.2) is 4.79 Å². The number of esters is 1. The highest BCUT2D eigenvalue weighted by Crippen LogP contribution is 2.20. The molecule has 0 fully saturated rings. The van der Waals surface area contributed by atoms with Gasteiger partial charge >= 0.3 is 5.97 Å². The zero-order chi connectivity index (χ0) is 18.7. The van der Waals surface area contributed by atoms with Crippen LogP contribution in [0, 0.1) is 6.92 Å². The lowest BCUT2D eigenvalue weighted by atomic mass is 10.1. The minimum atomic E-state index is -0.964. The van der Waals surface area contributed by atoms with Gasteiger partial charge in [0, 0.05) is 21.8 Å². The van der Waals surface area contributed by atoms with Crippen molar-refractivity contribution in [2.75, 3.05) is 5.32 Å². The van der Waals surface area contributed by atoms with Crippen LogP contribution < -0.4 is 5.32 Å². The molecule has 2 aromatic carbocycles. The van der Waals surface area contributed by atoms with Gasteiger partial charge in [0.2, 0.25) is 0 Å². The third kappa shape index (κ3) is 4.00. The van der Waals surface area contributed by atoms with E-state index < -0.39 is 18.0 Å². The smallest absolute Gasteiger partial charge is 0.339 e. The Bertz CT molecular complexity index is 988. The quantitative estimate of drug-likeness (QED) is 0.694. The van der Waals surface area contributed by atoms with Gasteiger partial charge in [-0.1, -0.05) is 35.9 Å². The molecule has 0 spiro atoms. The van der Waals surface area contributed by atoms with Crippen LogP contribution in [0.25, 0.3) is 10.9 Å². The minimum Gasteiger partial charge on any atom is -0.449 e. The second-order valence-electron chi connectivity index (χ2n) is 5.88. The predicted molar refractivity (Wildman–Crippen MR) is 101 cm³/mol. The minimum absolute atomic E-state index is 0.385. The highest BCUT2D eigenvalue weighted by Gasteiger charge is 2.21. The third-order valence-corrected chi connectivity index (χ3v) is 4.04. The number of amides is 1. The summed E-state index contributed by atoms with van der Waals surface area (Å²) in [7, 11) is 0. The lowest BCUT2D eigenvalue weighted by molar-refractivity contribution is -0.123. The highest BCUT2D eigenvalue weighted by molar-refractivity contribution is 6.30. The van der Waals surface area contributed by atoms with Crippen molar-refractivity contribution in [3.63, 3.8) is 0 Å². The molecular formula is C20H17ClN2O3. The molecule has 3 aromatic rings. The number of nitrogens with zero attached hydrogens (tertiary/aromatic N) is 1. The Morgan fingerprint density at radius 1 is 1.12 bits per heavy atom. The summed E-state index contributed by atoms with van der Waals surface area (Å²) in [4.78, 5) is 29.3. The number of pyridine rings is 1. The molecule has 0 radical (unpaired) electrons. The van der Waals surface area contributed by atoms with Gasteiger partial charge in [-0.3, -0.25) is 9.78 Å². The Kier molecular flexibility index (Phi) is 5.19. The first-order valence-corrected chi connectivity index (χ1v) is 8.45. The molecule has 1 amide bonds. The molecule has 0 aliphatic carbocycles. The maximum Gasteiger partial charge on any atom is 0.339 e. The van der Waals surface area contributed by atoms with Crippen LogP contribution in [-0.4, -0.2) is 23.0 Å². The van der Waals surface area contributed by atoms with Gasteiger partial charge in [-0.15, -0.1) is 0 Å². The van der Waals surface area contributed by atoms with Crippen molar-refractivity contribution < 1.29 is 14.3 Å². The number of carbonyl (C=O) groups is 2. The van der Waals surface area contributed by atoms with Crippen LogP contribution in [0.3, 0.4) is 0 Å². The molecule has 0 unspecified atom stereocenters. The summed E-state index contributed by atoms with van der Waals surface area (Å²) in [6.07, 6.45) is -0.964. The first kappa shape index (κ1) is 17.9. The SMILES string of the molecule is Cc1cc(C(=O)O[C@H](C)C(=O)Nc2cccc(Cl)c2)c2ccccc2n1. The van der Waals surface area contributed by atoms with Crippen molar-refractivity contribution in [2.45, 2.75) is 20.0 Å². The van der Waals surface area contributed by atoms with Gasteiger partial charge < -0.3 is 10.1 Å². The van der Waals surface area contributed by atoms with Crippen molar-refractivity contribution in [1.82, 2.24) is 4.98 Å². The number of rotatable bonds is 4. The molecule has 0 saturated heterocycles. The van der Waals surface area contributed by atoms with Crippen LogP contribution in [0.2, 0.25) is 5.02 Å². The average Bonchev–Trinajstić information content (AvgIpc) is 2.60. The number of ether oxygens (including phenoxy) is 1. The number of aromatic nitrogens is 1. The summed E-state index contributed by atoms with van der Waals surface area (Å²) in [5.74, 6) is -1.00. The third-order valence-electron chi connectivity index (χ3n) is 3.81. The standard InChI is InChI=1S/C20H17ClN2O3/c1-12-10-17(16-8-3-4-9-18(16)22-12)20(25)26-13(2)19(24)23-15-7-5-6-14(21)11-15/h3-11,13H,1-2H3,(H,23,24)/t13-/m1/s1. The van der Waals surface area contributed by atoms with Crippen LogP contribution in [0.1, 0.15) is 23.0 Å². The second-order valence-corrected chi connectivity index (χ2v) is 6.31. The van der Waals surface area contributed by atoms with Gasteiger partial charge in [0.05, 0.1) is 11.1 Å².